The monoisotopic (exact) mass is 283 g/mol. The fourth-order valence-electron chi connectivity index (χ4n) is 2.08. The Balaban J connectivity index is 1.99. The van der Waals surface area contributed by atoms with E-state index in [-0.39, 0.29) is 0 Å². The van der Waals surface area contributed by atoms with E-state index in [1.807, 2.05) is 24.3 Å². The molecule has 0 fully saturated rings. The molecule has 108 valence electrons. The summed E-state index contributed by atoms with van der Waals surface area (Å²) in [5.41, 5.74) is 0. The molecule has 1 rings (SSSR count). The van der Waals surface area contributed by atoms with Crippen LogP contribution in [0.1, 0.15) is 39.5 Å². The third-order valence-electron chi connectivity index (χ3n) is 3.33. The van der Waals surface area contributed by atoms with Crippen molar-refractivity contribution in [2.75, 3.05) is 26.2 Å². The quantitative estimate of drug-likeness (QED) is 0.581. The maximum Gasteiger partial charge on any atom is 0.120 e. The Morgan fingerprint density at radius 1 is 1.05 bits per heavy atom. The van der Waals surface area contributed by atoms with Crippen LogP contribution in [0.15, 0.2) is 24.3 Å². The summed E-state index contributed by atoms with van der Waals surface area (Å²) in [6, 6.07) is 7.59. The molecule has 0 aliphatic heterocycles. The Kier molecular flexibility index (Phi) is 8.68. The normalized spacial score (nSPS) is 10.9. The second-order valence-corrected chi connectivity index (χ2v) is 5.18. The van der Waals surface area contributed by atoms with Crippen LogP contribution >= 0.6 is 11.6 Å². The second-order valence-electron chi connectivity index (χ2n) is 4.75. The molecular weight excluding hydrogens is 258 g/mol. The largest absolute Gasteiger partial charge is 0.494 e. The number of rotatable bonds is 10. The molecule has 0 spiro atoms. The van der Waals surface area contributed by atoms with Crippen molar-refractivity contribution in [3.05, 3.63) is 29.3 Å². The summed E-state index contributed by atoms with van der Waals surface area (Å²) in [5, 5.41) is 0.733. The van der Waals surface area contributed by atoms with E-state index in [1.54, 1.807) is 0 Å². The molecule has 0 aliphatic carbocycles. The van der Waals surface area contributed by atoms with E-state index in [2.05, 4.69) is 18.7 Å². The fourth-order valence-corrected chi connectivity index (χ4v) is 2.26. The number of hydrogen-bond donors (Lipinski definition) is 0. The molecular formula is C16H26ClNO. The Labute approximate surface area is 122 Å². The highest BCUT2D eigenvalue weighted by Crippen LogP contribution is 2.17. The average molecular weight is 284 g/mol. The van der Waals surface area contributed by atoms with Crippen LogP contribution in [0.25, 0.3) is 0 Å². The molecule has 0 aliphatic rings. The molecule has 0 radical (unpaired) electrons. The second kappa shape index (κ2) is 10.1. The van der Waals surface area contributed by atoms with Crippen LogP contribution in [0, 0.1) is 0 Å². The molecule has 0 saturated carbocycles. The first-order valence-electron chi connectivity index (χ1n) is 7.37. The number of nitrogens with zero attached hydrogens (tertiary/aromatic N) is 1. The molecule has 0 saturated heterocycles. The van der Waals surface area contributed by atoms with Crippen LogP contribution in [0.2, 0.25) is 5.02 Å². The standard InChI is InChI=1S/C16H26ClNO/c1-3-18(4-2)12-7-5-6-8-13-19-16-11-9-10-15(17)14-16/h9-11,14H,3-8,12-13H2,1-2H3. The number of ether oxygens (including phenoxy) is 1. The lowest BCUT2D eigenvalue weighted by atomic mass is 10.2. The van der Waals surface area contributed by atoms with Gasteiger partial charge in [0.1, 0.15) is 5.75 Å². The summed E-state index contributed by atoms with van der Waals surface area (Å²) in [5.74, 6) is 0.871. The molecule has 1 aromatic rings. The lowest BCUT2D eigenvalue weighted by Crippen LogP contribution is -2.23. The van der Waals surface area contributed by atoms with Crippen molar-refractivity contribution in [2.45, 2.75) is 39.5 Å². The lowest BCUT2D eigenvalue weighted by molar-refractivity contribution is 0.284. The van der Waals surface area contributed by atoms with Crippen molar-refractivity contribution >= 4 is 11.6 Å². The van der Waals surface area contributed by atoms with E-state index in [1.165, 1.54) is 25.8 Å². The van der Waals surface area contributed by atoms with E-state index in [9.17, 15) is 0 Å². The van der Waals surface area contributed by atoms with Gasteiger partial charge in [0.15, 0.2) is 0 Å². The molecule has 2 nitrogen and oxygen atoms in total. The van der Waals surface area contributed by atoms with Gasteiger partial charge in [0.2, 0.25) is 0 Å². The highest BCUT2D eigenvalue weighted by molar-refractivity contribution is 6.30. The van der Waals surface area contributed by atoms with Crippen LogP contribution < -0.4 is 4.74 Å². The minimum Gasteiger partial charge on any atom is -0.494 e. The highest BCUT2D eigenvalue weighted by atomic mass is 35.5. The Bertz CT molecular complexity index is 339. The van der Waals surface area contributed by atoms with E-state index < -0.39 is 0 Å². The maximum atomic E-state index is 5.90. The van der Waals surface area contributed by atoms with E-state index in [4.69, 9.17) is 16.3 Å². The minimum atomic E-state index is 0.733. The van der Waals surface area contributed by atoms with Gasteiger partial charge in [-0.1, -0.05) is 44.4 Å². The van der Waals surface area contributed by atoms with Gasteiger partial charge in [-0.15, -0.1) is 0 Å². The number of hydrogen-bond acceptors (Lipinski definition) is 2. The van der Waals surface area contributed by atoms with Crippen molar-refractivity contribution in [1.29, 1.82) is 0 Å². The van der Waals surface area contributed by atoms with Gasteiger partial charge in [0, 0.05) is 5.02 Å². The smallest absolute Gasteiger partial charge is 0.120 e. The molecule has 0 N–H and O–H groups in total. The van der Waals surface area contributed by atoms with Crippen LogP contribution in [0.5, 0.6) is 5.75 Å². The van der Waals surface area contributed by atoms with Gasteiger partial charge in [-0.3, -0.25) is 0 Å². The number of unbranched alkanes of at least 4 members (excludes halogenated alkanes) is 3. The summed E-state index contributed by atoms with van der Waals surface area (Å²) in [7, 11) is 0. The third-order valence-corrected chi connectivity index (χ3v) is 3.56. The number of benzene rings is 1. The first-order chi connectivity index (χ1) is 9.26. The van der Waals surface area contributed by atoms with Gasteiger partial charge in [-0.05, 0) is 50.7 Å². The van der Waals surface area contributed by atoms with E-state index in [0.29, 0.717) is 0 Å². The summed E-state index contributed by atoms with van der Waals surface area (Å²) >= 11 is 5.90. The van der Waals surface area contributed by atoms with Gasteiger partial charge in [-0.2, -0.15) is 0 Å². The highest BCUT2D eigenvalue weighted by Gasteiger charge is 1.99. The molecule has 0 unspecified atom stereocenters. The van der Waals surface area contributed by atoms with Gasteiger partial charge in [-0.25, -0.2) is 0 Å². The number of halogens is 1. The van der Waals surface area contributed by atoms with E-state index in [0.717, 1.165) is 36.9 Å². The molecule has 19 heavy (non-hydrogen) atoms. The van der Waals surface area contributed by atoms with Gasteiger partial charge >= 0.3 is 0 Å². The molecule has 3 heteroatoms. The molecule has 0 heterocycles. The Hall–Kier alpha value is -0.730. The van der Waals surface area contributed by atoms with Crippen LogP contribution in [0.4, 0.5) is 0 Å². The SMILES string of the molecule is CCN(CC)CCCCCCOc1cccc(Cl)c1. The predicted molar refractivity (Wildman–Crippen MR) is 83.2 cm³/mol. The van der Waals surface area contributed by atoms with Gasteiger partial charge in [0.25, 0.3) is 0 Å². The summed E-state index contributed by atoms with van der Waals surface area (Å²) < 4.78 is 5.66. The molecule has 0 bridgehead atoms. The van der Waals surface area contributed by atoms with Crippen molar-refractivity contribution < 1.29 is 4.74 Å². The zero-order valence-corrected chi connectivity index (χ0v) is 13.0. The van der Waals surface area contributed by atoms with Crippen molar-refractivity contribution in [3.8, 4) is 5.75 Å². The third kappa shape index (κ3) is 7.44. The zero-order chi connectivity index (χ0) is 13.9. The van der Waals surface area contributed by atoms with E-state index >= 15 is 0 Å². The first-order valence-corrected chi connectivity index (χ1v) is 7.74. The Morgan fingerprint density at radius 3 is 2.47 bits per heavy atom. The first kappa shape index (κ1) is 16.3. The molecule has 0 aromatic heterocycles. The van der Waals surface area contributed by atoms with Crippen LogP contribution in [-0.2, 0) is 0 Å². The van der Waals surface area contributed by atoms with Crippen molar-refractivity contribution in [2.24, 2.45) is 0 Å². The van der Waals surface area contributed by atoms with Crippen molar-refractivity contribution in [3.63, 3.8) is 0 Å². The summed E-state index contributed by atoms with van der Waals surface area (Å²) in [6.07, 6.45) is 4.93. The lowest BCUT2D eigenvalue weighted by Gasteiger charge is -2.17. The van der Waals surface area contributed by atoms with Gasteiger partial charge in [0.05, 0.1) is 6.61 Å². The predicted octanol–water partition coefficient (Wildman–Crippen LogP) is 4.62. The summed E-state index contributed by atoms with van der Waals surface area (Å²) in [6.45, 7) is 8.78. The summed E-state index contributed by atoms with van der Waals surface area (Å²) in [4.78, 5) is 2.47. The average Bonchev–Trinajstić information content (AvgIpc) is 2.42. The fraction of sp³-hybridized carbons (Fsp3) is 0.625. The molecule has 0 atom stereocenters. The topological polar surface area (TPSA) is 12.5 Å². The Morgan fingerprint density at radius 2 is 1.79 bits per heavy atom. The molecule has 0 amide bonds. The van der Waals surface area contributed by atoms with Crippen LogP contribution in [0.3, 0.4) is 0 Å². The van der Waals surface area contributed by atoms with Gasteiger partial charge < -0.3 is 9.64 Å². The maximum absolute atomic E-state index is 5.90. The minimum absolute atomic E-state index is 0.733. The van der Waals surface area contributed by atoms with Crippen LogP contribution in [-0.4, -0.2) is 31.1 Å². The zero-order valence-electron chi connectivity index (χ0n) is 12.2. The van der Waals surface area contributed by atoms with Crippen molar-refractivity contribution in [1.82, 2.24) is 4.90 Å². The molecule has 1 aromatic carbocycles.